The van der Waals surface area contributed by atoms with Crippen LogP contribution in [-0.4, -0.2) is 39.1 Å². The van der Waals surface area contributed by atoms with Crippen molar-refractivity contribution >= 4 is 23.4 Å². The van der Waals surface area contributed by atoms with Gasteiger partial charge in [0.15, 0.2) is 10.4 Å². The highest BCUT2D eigenvalue weighted by atomic mass is 32.1. The van der Waals surface area contributed by atoms with Crippen LogP contribution in [0.15, 0.2) is 18.3 Å². The number of likely N-dealkylation sites (tertiary alicyclic amines) is 1. The van der Waals surface area contributed by atoms with Crippen molar-refractivity contribution in [3.05, 3.63) is 23.1 Å². The SMILES string of the molecule is S=c1[nH]c2cccnc2n1CCCN1CCCC1. The number of hydrogen-bond acceptors (Lipinski definition) is 3. The first kappa shape index (κ1) is 11.9. The number of pyridine rings is 1. The van der Waals surface area contributed by atoms with Gasteiger partial charge in [-0.2, -0.15) is 0 Å². The van der Waals surface area contributed by atoms with Crippen molar-refractivity contribution in [3.63, 3.8) is 0 Å². The number of rotatable bonds is 4. The molecule has 0 atom stereocenters. The number of imidazole rings is 1. The molecule has 1 aliphatic rings. The van der Waals surface area contributed by atoms with Gasteiger partial charge in [-0.05, 0) is 63.2 Å². The normalized spacial score (nSPS) is 16.7. The molecule has 5 heteroatoms. The molecular formula is C13H18N4S. The molecule has 1 saturated heterocycles. The van der Waals surface area contributed by atoms with Gasteiger partial charge in [0.25, 0.3) is 0 Å². The molecule has 0 aliphatic carbocycles. The Balaban J connectivity index is 1.70. The van der Waals surface area contributed by atoms with Crippen LogP contribution in [0.4, 0.5) is 0 Å². The van der Waals surface area contributed by atoms with Crippen molar-refractivity contribution in [2.75, 3.05) is 19.6 Å². The van der Waals surface area contributed by atoms with Gasteiger partial charge in [-0.3, -0.25) is 0 Å². The average molecular weight is 262 g/mol. The third-order valence-electron chi connectivity index (χ3n) is 3.58. The Bertz CT molecular complexity index is 580. The van der Waals surface area contributed by atoms with E-state index < -0.39 is 0 Å². The molecule has 4 nitrogen and oxygen atoms in total. The number of aromatic amines is 1. The number of nitrogens with zero attached hydrogens (tertiary/aromatic N) is 3. The molecule has 2 aromatic rings. The van der Waals surface area contributed by atoms with Crippen LogP contribution in [0.1, 0.15) is 19.3 Å². The topological polar surface area (TPSA) is 36.9 Å². The minimum atomic E-state index is 0.783. The molecule has 18 heavy (non-hydrogen) atoms. The second kappa shape index (κ2) is 5.20. The van der Waals surface area contributed by atoms with Crippen molar-refractivity contribution in [3.8, 4) is 0 Å². The van der Waals surface area contributed by atoms with Crippen LogP contribution < -0.4 is 0 Å². The van der Waals surface area contributed by atoms with Crippen LogP contribution in [0.2, 0.25) is 0 Å². The maximum Gasteiger partial charge on any atom is 0.179 e. The Hall–Kier alpha value is -1.20. The number of nitrogens with one attached hydrogen (secondary N) is 1. The standard InChI is InChI=1S/C13H18N4S/c18-13-15-11-5-3-6-14-12(11)17(13)10-4-9-16-7-1-2-8-16/h3,5-6H,1-2,4,7-10H2,(H,15,18). The van der Waals surface area contributed by atoms with Gasteiger partial charge in [0.05, 0.1) is 5.52 Å². The van der Waals surface area contributed by atoms with E-state index in [2.05, 4.69) is 19.4 Å². The number of aryl methyl sites for hydroxylation is 1. The van der Waals surface area contributed by atoms with Crippen molar-refractivity contribution in [2.24, 2.45) is 0 Å². The lowest BCUT2D eigenvalue weighted by atomic mass is 10.4. The van der Waals surface area contributed by atoms with Gasteiger partial charge in [-0.1, -0.05) is 0 Å². The predicted octanol–water partition coefficient (Wildman–Crippen LogP) is 2.58. The number of fused-ring (bicyclic) bond motifs is 1. The first-order valence-electron chi connectivity index (χ1n) is 6.60. The van der Waals surface area contributed by atoms with E-state index in [4.69, 9.17) is 12.2 Å². The van der Waals surface area contributed by atoms with E-state index in [0.717, 1.165) is 28.9 Å². The molecule has 2 aromatic heterocycles. The minimum absolute atomic E-state index is 0.783. The van der Waals surface area contributed by atoms with Gasteiger partial charge in [0.1, 0.15) is 0 Å². The van der Waals surface area contributed by atoms with E-state index in [0.29, 0.717) is 0 Å². The van der Waals surface area contributed by atoms with E-state index in [-0.39, 0.29) is 0 Å². The molecule has 3 rings (SSSR count). The lowest BCUT2D eigenvalue weighted by Crippen LogP contribution is -2.21. The zero-order chi connectivity index (χ0) is 12.4. The first-order chi connectivity index (χ1) is 8.84. The summed E-state index contributed by atoms with van der Waals surface area (Å²) in [7, 11) is 0. The number of aromatic nitrogens is 3. The molecule has 3 heterocycles. The van der Waals surface area contributed by atoms with Crippen molar-refractivity contribution < 1.29 is 0 Å². The molecule has 0 unspecified atom stereocenters. The first-order valence-corrected chi connectivity index (χ1v) is 7.01. The smallest absolute Gasteiger partial charge is 0.179 e. The molecular weight excluding hydrogens is 244 g/mol. The third kappa shape index (κ3) is 2.33. The summed E-state index contributed by atoms with van der Waals surface area (Å²) < 4.78 is 2.89. The fraction of sp³-hybridized carbons (Fsp3) is 0.538. The van der Waals surface area contributed by atoms with Crippen molar-refractivity contribution in [1.29, 1.82) is 0 Å². The summed E-state index contributed by atoms with van der Waals surface area (Å²) in [5, 5.41) is 0. The average Bonchev–Trinajstić information content (AvgIpc) is 2.98. The highest BCUT2D eigenvalue weighted by Gasteiger charge is 2.11. The molecule has 96 valence electrons. The summed E-state index contributed by atoms with van der Waals surface area (Å²) in [5.41, 5.74) is 2.01. The van der Waals surface area contributed by atoms with Gasteiger partial charge in [0.2, 0.25) is 0 Å². The zero-order valence-electron chi connectivity index (χ0n) is 10.4. The summed E-state index contributed by atoms with van der Waals surface area (Å²) >= 11 is 5.35. The van der Waals surface area contributed by atoms with E-state index in [1.54, 1.807) is 0 Å². The fourth-order valence-corrected chi connectivity index (χ4v) is 2.94. The Morgan fingerprint density at radius 2 is 2.11 bits per heavy atom. The van der Waals surface area contributed by atoms with Gasteiger partial charge < -0.3 is 14.5 Å². The summed E-state index contributed by atoms with van der Waals surface area (Å²) in [6.07, 6.45) is 5.67. The maximum absolute atomic E-state index is 5.35. The third-order valence-corrected chi connectivity index (χ3v) is 3.91. The molecule has 0 aromatic carbocycles. The molecule has 1 N–H and O–H groups in total. The van der Waals surface area contributed by atoms with Gasteiger partial charge >= 0.3 is 0 Å². The lowest BCUT2D eigenvalue weighted by Gasteiger charge is -2.14. The van der Waals surface area contributed by atoms with Crippen LogP contribution in [0.5, 0.6) is 0 Å². The maximum atomic E-state index is 5.35. The van der Waals surface area contributed by atoms with Crippen molar-refractivity contribution in [2.45, 2.75) is 25.8 Å². The van der Waals surface area contributed by atoms with E-state index in [9.17, 15) is 0 Å². The van der Waals surface area contributed by atoms with Crippen LogP contribution >= 0.6 is 12.2 Å². The fourth-order valence-electron chi connectivity index (χ4n) is 2.65. The molecule has 1 aliphatic heterocycles. The zero-order valence-corrected chi connectivity index (χ0v) is 11.2. The Morgan fingerprint density at radius 1 is 1.28 bits per heavy atom. The summed E-state index contributed by atoms with van der Waals surface area (Å²) in [6.45, 7) is 4.64. The molecule has 1 fully saturated rings. The van der Waals surface area contributed by atoms with Crippen LogP contribution in [0.3, 0.4) is 0 Å². The molecule has 0 spiro atoms. The molecule has 0 amide bonds. The molecule has 0 saturated carbocycles. The van der Waals surface area contributed by atoms with Crippen LogP contribution in [0, 0.1) is 4.77 Å². The highest BCUT2D eigenvalue weighted by Crippen LogP contribution is 2.12. The predicted molar refractivity (Wildman–Crippen MR) is 75.2 cm³/mol. The Labute approximate surface area is 112 Å². The van der Waals surface area contributed by atoms with E-state index in [1.807, 2.05) is 18.3 Å². The second-order valence-corrected chi connectivity index (χ2v) is 5.25. The highest BCUT2D eigenvalue weighted by molar-refractivity contribution is 7.71. The lowest BCUT2D eigenvalue weighted by molar-refractivity contribution is 0.325. The quantitative estimate of drug-likeness (QED) is 0.860. The minimum Gasteiger partial charge on any atom is -0.329 e. The van der Waals surface area contributed by atoms with E-state index in [1.165, 1.54) is 32.5 Å². The molecule has 0 bridgehead atoms. The number of hydrogen-bond donors (Lipinski definition) is 1. The Morgan fingerprint density at radius 3 is 2.94 bits per heavy atom. The summed E-state index contributed by atoms with van der Waals surface area (Å²) in [4.78, 5) is 10.1. The Kier molecular flexibility index (Phi) is 3.43. The monoisotopic (exact) mass is 262 g/mol. The van der Waals surface area contributed by atoms with Crippen LogP contribution in [0.25, 0.3) is 11.2 Å². The van der Waals surface area contributed by atoms with Gasteiger partial charge in [0, 0.05) is 12.7 Å². The van der Waals surface area contributed by atoms with Gasteiger partial charge in [-0.25, -0.2) is 4.98 Å². The number of H-pyrrole nitrogens is 1. The summed E-state index contributed by atoms with van der Waals surface area (Å²) in [6, 6.07) is 3.96. The summed E-state index contributed by atoms with van der Waals surface area (Å²) in [5.74, 6) is 0. The molecule has 0 radical (unpaired) electrons. The van der Waals surface area contributed by atoms with E-state index >= 15 is 0 Å². The second-order valence-electron chi connectivity index (χ2n) is 4.86. The van der Waals surface area contributed by atoms with Crippen LogP contribution in [-0.2, 0) is 6.54 Å². The van der Waals surface area contributed by atoms with Gasteiger partial charge in [-0.15, -0.1) is 0 Å². The van der Waals surface area contributed by atoms with Crippen molar-refractivity contribution in [1.82, 2.24) is 19.4 Å². The largest absolute Gasteiger partial charge is 0.329 e.